The Morgan fingerprint density at radius 3 is 2.55 bits per heavy atom. The van der Waals surface area contributed by atoms with Crippen LogP contribution in [0.15, 0.2) is 18.2 Å². The molecule has 0 saturated heterocycles. The molecule has 1 unspecified atom stereocenters. The van der Waals surface area contributed by atoms with Gasteiger partial charge in [0.15, 0.2) is 0 Å². The predicted octanol–water partition coefficient (Wildman–Crippen LogP) is 2.14. The number of benzene rings is 1. The minimum Gasteiger partial charge on any atom is -0.496 e. The van der Waals surface area contributed by atoms with Gasteiger partial charge in [0, 0.05) is 31.0 Å². The molecule has 0 aliphatic carbocycles. The van der Waals surface area contributed by atoms with Gasteiger partial charge in [-0.2, -0.15) is 0 Å². The van der Waals surface area contributed by atoms with Crippen LogP contribution in [0.2, 0.25) is 0 Å². The minimum absolute atomic E-state index is 0.0248. The van der Waals surface area contributed by atoms with Gasteiger partial charge in [0.1, 0.15) is 11.6 Å². The maximum atomic E-state index is 13.4. The standard InChI is InChI=1S/C15H23FN2O2/c1-4-18(5-2)15(19)8-11(10-17)13-9-12(16)6-7-14(13)20-3/h6-7,9,11H,4-5,8,10,17H2,1-3H3. The molecule has 0 radical (unpaired) electrons. The zero-order valence-electron chi connectivity index (χ0n) is 12.4. The zero-order valence-corrected chi connectivity index (χ0v) is 12.4. The normalized spacial score (nSPS) is 12.1. The van der Waals surface area contributed by atoms with Crippen LogP contribution in [-0.4, -0.2) is 37.6 Å². The van der Waals surface area contributed by atoms with Gasteiger partial charge in [0.2, 0.25) is 5.91 Å². The number of nitrogens with two attached hydrogens (primary N) is 1. The summed E-state index contributed by atoms with van der Waals surface area (Å²) >= 11 is 0. The van der Waals surface area contributed by atoms with Crippen molar-refractivity contribution in [1.29, 1.82) is 0 Å². The number of hydrogen-bond donors (Lipinski definition) is 1. The van der Waals surface area contributed by atoms with E-state index in [4.69, 9.17) is 10.5 Å². The predicted molar refractivity (Wildman–Crippen MR) is 77.3 cm³/mol. The molecule has 2 N–H and O–H groups in total. The van der Waals surface area contributed by atoms with E-state index >= 15 is 0 Å². The van der Waals surface area contributed by atoms with E-state index in [1.54, 1.807) is 11.0 Å². The van der Waals surface area contributed by atoms with E-state index in [1.165, 1.54) is 19.2 Å². The first-order chi connectivity index (χ1) is 9.57. The summed E-state index contributed by atoms with van der Waals surface area (Å²) in [6, 6.07) is 4.29. The third-order valence-electron chi connectivity index (χ3n) is 3.45. The van der Waals surface area contributed by atoms with Crippen molar-refractivity contribution in [2.75, 3.05) is 26.7 Å². The summed E-state index contributed by atoms with van der Waals surface area (Å²) < 4.78 is 18.6. The SMILES string of the molecule is CCN(CC)C(=O)CC(CN)c1cc(F)ccc1OC. The van der Waals surface area contributed by atoms with Gasteiger partial charge in [0.05, 0.1) is 7.11 Å². The van der Waals surface area contributed by atoms with Crippen LogP contribution in [0.1, 0.15) is 31.7 Å². The summed E-state index contributed by atoms with van der Waals surface area (Å²) in [4.78, 5) is 13.9. The molecule has 1 amide bonds. The molecule has 0 spiro atoms. The zero-order chi connectivity index (χ0) is 15.1. The van der Waals surface area contributed by atoms with Crippen molar-refractivity contribution in [1.82, 2.24) is 4.90 Å². The third-order valence-corrected chi connectivity index (χ3v) is 3.45. The van der Waals surface area contributed by atoms with Crippen LogP contribution in [0, 0.1) is 5.82 Å². The maximum absolute atomic E-state index is 13.4. The van der Waals surface area contributed by atoms with Crippen LogP contribution in [0.4, 0.5) is 4.39 Å². The second-order valence-corrected chi connectivity index (χ2v) is 4.59. The molecule has 0 aromatic heterocycles. The van der Waals surface area contributed by atoms with Gasteiger partial charge in [0.25, 0.3) is 0 Å². The van der Waals surface area contributed by atoms with Crippen molar-refractivity contribution in [3.8, 4) is 5.75 Å². The highest BCUT2D eigenvalue weighted by atomic mass is 19.1. The summed E-state index contributed by atoms with van der Waals surface area (Å²) in [5.41, 5.74) is 6.41. The maximum Gasteiger partial charge on any atom is 0.223 e. The van der Waals surface area contributed by atoms with Crippen molar-refractivity contribution < 1.29 is 13.9 Å². The largest absolute Gasteiger partial charge is 0.496 e. The highest BCUT2D eigenvalue weighted by Gasteiger charge is 2.21. The monoisotopic (exact) mass is 282 g/mol. The Balaban J connectivity index is 2.96. The van der Waals surface area contributed by atoms with Gasteiger partial charge in [-0.25, -0.2) is 4.39 Å². The Kier molecular flexibility index (Phi) is 6.45. The fourth-order valence-corrected chi connectivity index (χ4v) is 2.26. The van der Waals surface area contributed by atoms with Crippen LogP contribution in [0.5, 0.6) is 5.75 Å². The lowest BCUT2D eigenvalue weighted by atomic mass is 9.94. The molecule has 0 aliphatic heterocycles. The first kappa shape index (κ1) is 16.4. The molecule has 4 nitrogen and oxygen atoms in total. The van der Waals surface area contributed by atoms with Crippen LogP contribution in [-0.2, 0) is 4.79 Å². The molecule has 1 atom stereocenters. The summed E-state index contributed by atoms with van der Waals surface area (Å²) in [5, 5.41) is 0. The van der Waals surface area contributed by atoms with Gasteiger partial charge < -0.3 is 15.4 Å². The molecule has 0 fully saturated rings. The van der Waals surface area contributed by atoms with E-state index in [-0.39, 0.29) is 30.6 Å². The summed E-state index contributed by atoms with van der Waals surface area (Å²) in [5.74, 6) is -0.00532. The van der Waals surface area contributed by atoms with E-state index in [0.29, 0.717) is 24.4 Å². The van der Waals surface area contributed by atoms with Crippen LogP contribution in [0.3, 0.4) is 0 Å². The number of rotatable bonds is 7. The average Bonchev–Trinajstić information content (AvgIpc) is 2.46. The smallest absolute Gasteiger partial charge is 0.223 e. The van der Waals surface area contributed by atoms with Crippen molar-refractivity contribution in [2.45, 2.75) is 26.2 Å². The number of hydrogen-bond acceptors (Lipinski definition) is 3. The van der Waals surface area contributed by atoms with E-state index in [2.05, 4.69) is 0 Å². The molecule has 1 aromatic rings. The van der Waals surface area contributed by atoms with Gasteiger partial charge in [-0.05, 0) is 38.6 Å². The Morgan fingerprint density at radius 2 is 2.05 bits per heavy atom. The molecule has 1 aromatic carbocycles. The number of nitrogens with zero attached hydrogens (tertiary/aromatic N) is 1. The Hall–Kier alpha value is -1.62. The van der Waals surface area contributed by atoms with Gasteiger partial charge in [-0.3, -0.25) is 4.79 Å². The molecular weight excluding hydrogens is 259 g/mol. The summed E-state index contributed by atoms with van der Waals surface area (Å²) in [6.07, 6.45) is 0.262. The second kappa shape index (κ2) is 7.85. The molecule has 0 saturated carbocycles. The summed E-state index contributed by atoms with van der Waals surface area (Å²) in [7, 11) is 1.52. The Morgan fingerprint density at radius 1 is 1.40 bits per heavy atom. The molecule has 0 heterocycles. The fourth-order valence-electron chi connectivity index (χ4n) is 2.26. The van der Waals surface area contributed by atoms with E-state index in [0.717, 1.165) is 0 Å². The van der Waals surface area contributed by atoms with Crippen molar-refractivity contribution in [3.05, 3.63) is 29.6 Å². The topological polar surface area (TPSA) is 55.6 Å². The number of halogens is 1. The van der Waals surface area contributed by atoms with Crippen LogP contribution in [0.25, 0.3) is 0 Å². The van der Waals surface area contributed by atoms with E-state index in [9.17, 15) is 9.18 Å². The molecule has 1 rings (SSSR count). The molecular formula is C15H23FN2O2. The highest BCUT2D eigenvalue weighted by molar-refractivity contribution is 5.77. The van der Waals surface area contributed by atoms with Crippen molar-refractivity contribution >= 4 is 5.91 Å². The number of carbonyl (C=O) groups excluding carboxylic acids is 1. The van der Waals surface area contributed by atoms with E-state index in [1.807, 2.05) is 13.8 Å². The van der Waals surface area contributed by atoms with E-state index < -0.39 is 0 Å². The number of carbonyl (C=O) groups is 1. The lowest BCUT2D eigenvalue weighted by molar-refractivity contribution is -0.131. The Labute approximate surface area is 119 Å². The highest BCUT2D eigenvalue weighted by Crippen LogP contribution is 2.29. The van der Waals surface area contributed by atoms with Gasteiger partial charge >= 0.3 is 0 Å². The first-order valence-corrected chi connectivity index (χ1v) is 6.88. The second-order valence-electron chi connectivity index (χ2n) is 4.59. The Bertz CT molecular complexity index is 447. The van der Waals surface area contributed by atoms with Crippen LogP contribution < -0.4 is 10.5 Å². The number of ether oxygens (including phenoxy) is 1. The molecule has 112 valence electrons. The average molecular weight is 282 g/mol. The number of methoxy groups -OCH3 is 1. The lowest BCUT2D eigenvalue weighted by Crippen LogP contribution is -2.32. The lowest BCUT2D eigenvalue weighted by Gasteiger charge is -2.23. The van der Waals surface area contributed by atoms with Crippen molar-refractivity contribution in [3.63, 3.8) is 0 Å². The van der Waals surface area contributed by atoms with Crippen molar-refractivity contribution in [2.24, 2.45) is 5.73 Å². The molecule has 20 heavy (non-hydrogen) atoms. The fraction of sp³-hybridized carbons (Fsp3) is 0.533. The van der Waals surface area contributed by atoms with Crippen LogP contribution >= 0.6 is 0 Å². The first-order valence-electron chi connectivity index (χ1n) is 6.88. The number of amides is 1. The molecule has 0 aliphatic rings. The quantitative estimate of drug-likeness (QED) is 0.833. The summed E-state index contributed by atoms with van der Waals surface area (Å²) in [6.45, 7) is 5.45. The minimum atomic E-state index is -0.352. The third kappa shape index (κ3) is 3.93. The molecule has 0 bridgehead atoms. The van der Waals surface area contributed by atoms with Gasteiger partial charge in [-0.15, -0.1) is 0 Å². The van der Waals surface area contributed by atoms with Gasteiger partial charge in [-0.1, -0.05) is 0 Å². The molecule has 5 heteroatoms.